The molecular weight excluding hydrogens is 214 g/mol. The van der Waals surface area contributed by atoms with E-state index in [0.717, 1.165) is 25.9 Å². The van der Waals surface area contributed by atoms with Crippen LogP contribution in [-0.2, 0) is 7.05 Å². The monoisotopic (exact) mass is 229 g/mol. The van der Waals surface area contributed by atoms with Crippen LogP contribution in [0.15, 0.2) is 6.33 Å². The Bertz CT molecular complexity index is 325. The summed E-state index contributed by atoms with van der Waals surface area (Å²) in [4.78, 5) is 4.00. The van der Waals surface area contributed by atoms with Crippen LogP contribution in [0, 0.1) is 0 Å². The van der Waals surface area contributed by atoms with Crippen LogP contribution >= 0.6 is 11.6 Å². The van der Waals surface area contributed by atoms with Gasteiger partial charge in [0, 0.05) is 7.05 Å². The van der Waals surface area contributed by atoms with E-state index < -0.39 is 0 Å². The second kappa shape index (κ2) is 4.02. The first-order chi connectivity index (χ1) is 7.11. The summed E-state index contributed by atoms with van der Waals surface area (Å²) in [5.41, 5.74) is -0.122. The highest BCUT2D eigenvalue weighted by Crippen LogP contribution is 2.30. The van der Waals surface area contributed by atoms with E-state index in [1.165, 1.54) is 0 Å². The van der Waals surface area contributed by atoms with Crippen LogP contribution in [0.3, 0.4) is 0 Å². The number of hydrogen-bond acceptors (Lipinski definition) is 3. The number of ether oxygens (including phenoxy) is 1. The highest BCUT2D eigenvalue weighted by atomic mass is 35.5. The number of rotatable bonds is 2. The molecule has 1 aromatic rings. The van der Waals surface area contributed by atoms with Crippen molar-refractivity contribution < 1.29 is 4.74 Å². The lowest BCUT2D eigenvalue weighted by Gasteiger charge is -2.34. The van der Waals surface area contributed by atoms with Gasteiger partial charge >= 0.3 is 0 Å². The first-order valence-corrected chi connectivity index (χ1v) is 5.55. The van der Waals surface area contributed by atoms with Crippen molar-refractivity contribution >= 4 is 11.6 Å². The van der Waals surface area contributed by atoms with E-state index in [-0.39, 0.29) is 5.60 Å². The number of imidazole rings is 1. The summed E-state index contributed by atoms with van der Waals surface area (Å²) in [5.74, 6) is 0.668. The first kappa shape index (κ1) is 10.8. The SMILES string of the molecule is Cn1cnc(Cl)c1OC1(C)CCNCC1. The molecule has 0 atom stereocenters. The van der Waals surface area contributed by atoms with Gasteiger partial charge in [-0.3, -0.25) is 0 Å². The van der Waals surface area contributed by atoms with Crippen LogP contribution in [-0.4, -0.2) is 28.2 Å². The Hall–Kier alpha value is -0.740. The minimum Gasteiger partial charge on any atom is -0.470 e. The van der Waals surface area contributed by atoms with E-state index in [1.54, 1.807) is 6.33 Å². The third kappa shape index (κ3) is 2.26. The van der Waals surface area contributed by atoms with Crippen molar-refractivity contribution in [2.45, 2.75) is 25.4 Å². The summed E-state index contributed by atoms with van der Waals surface area (Å²) in [6.07, 6.45) is 3.66. The van der Waals surface area contributed by atoms with Gasteiger partial charge in [0.25, 0.3) is 0 Å². The Balaban J connectivity index is 2.13. The third-order valence-electron chi connectivity index (χ3n) is 2.85. The summed E-state index contributed by atoms with van der Waals surface area (Å²) < 4.78 is 7.79. The van der Waals surface area contributed by atoms with Crippen LogP contribution in [0.25, 0.3) is 0 Å². The maximum absolute atomic E-state index is 5.97. The summed E-state index contributed by atoms with van der Waals surface area (Å²) >= 11 is 5.95. The quantitative estimate of drug-likeness (QED) is 0.837. The second-order valence-electron chi connectivity index (χ2n) is 4.25. The van der Waals surface area contributed by atoms with Crippen molar-refractivity contribution in [2.24, 2.45) is 7.05 Å². The lowest BCUT2D eigenvalue weighted by atomic mass is 9.95. The predicted octanol–water partition coefficient (Wildman–Crippen LogP) is 1.59. The van der Waals surface area contributed by atoms with Crippen molar-refractivity contribution in [1.82, 2.24) is 14.9 Å². The Morgan fingerprint density at radius 3 is 2.73 bits per heavy atom. The fourth-order valence-electron chi connectivity index (χ4n) is 1.80. The maximum Gasteiger partial charge on any atom is 0.233 e. The van der Waals surface area contributed by atoms with Gasteiger partial charge in [0.2, 0.25) is 5.88 Å². The molecule has 5 heteroatoms. The molecule has 2 rings (SSSR count). The average molecular weight is 230 g/mol. The minimum atomic E-state index is -0.122. The highest BCUT2D eigenvalue weighted by molar-refractivity contribution is 6.30. The predicted molar refractivity (Wildman–Crippen MR) is 59.4 cm³/mol. The fourth-order valence-corrected chi connectivity index (χ4v) is 2.01. The molecule has 1 fully saturated rings. The maximum atomic E-state index is 5.97. The molecule has 0 aliphatic carbocycles. The topological polar surface area (TPSA) is 39.1 Å². The molecule has 4 nitrogen and oxygen atoms in total. The third-order valence-corrected chi connectivity index (χ3v) is 3.10. The summed E-state index contributed by atoms with van der Waals surface area (Å²) in [6, 6.07) is 0. The molecule has 84 valence electrons. The van der Waals surface area contributed by atoms with Gasteiger partial charge < -0.3 is 14.6 Å². The Kier molecular flexibility index (Phi) is 2.89. The van der Waals surface area contributed by atoms with E-state index in [0.29, 0.717) is 11.0 Å². The molecule has 0 radical (unpaired) electrons. The Morgan fingerprint density at radius 1 is 1.53 bits per heavy atom. The number of piperidine rings is 1. The molecule has 1 aromatic heterocycles. The lowest BCUT2D eigenvalue weighted by molar-refractivity contribution is 0.0477. The fraction of sp³-hybridized carbons (Fsp3) is 0.700. The van der Waals surface area contributed by atoms with Gasteiger partial charge in [-0.25, -0.2) is 4.98 Å². The van der Waals surface area contributed by atoms with Crippen LogP contribution in [0.1, 0.15) is 19.8 Å². The van der Waals surface area contributed by atoms with Gasteiger partial charge in [0.05, 0.1) is 6.33 Å². The van der Waals surface area contributed by atoms with Crippen LogP contribution in [0.4, 0.5) is 0 Å². The zero-order valence-corrected chi connectivity index (χ0v) is 9.84. The van der Waals surface area contributed by atoms with Crippen molar-refractivity contribution in [3.05, 3.63) is 11.5 Å². The first-order valence-electron chi connectivity index (χ1n) is 5.17. The van der Waals surface area contributed by atoms with Gasteiger partial charge in [0.15, 0.2) is 5.15 Å². The van der Waals surface area contributed by atoms with E-state index in [9.17, 15) is 0 Å². The molecule has 0 aromatic carbocycles. The van der Waals surface area contributed by atoms with Crippen LogP contribution in [0.2, 0.25) is 5.15 Å². The molecule has 2 heterocycles. The number of hydrogen-bond donors (Lipinski definition) is 1. The zero-order chi connectivity index (χ0) is 10.9. The summed E-state index contributed by atoms with van der Waals surface area (Å²) in [7, 11) is 1.89. The van der Waals surface area contributed by atoms with Crippen molar-refractivity contribution in [3.63, 3.8) is 0 Å². The zero-order valence-electron chi connectivity index (χ0n) is 9.09. The number of nitrogens with one attached hydrogen (secondary N) is 1. The molecule has 1 aliphatic heterocycles. The average Bonchev–Trinajstić information content (AvgIpc) is 2.50. The van der Waals surface area contributed by atoms with Crippen molar-refractivity contribution in [1.29, 1.82) is 0 Å². The van der Waals surface area contributed by atoms with Gasteiger partial charge in [-0.15, -0.1) is 0 Å². The van der Waals surface area contributed by atoms with E-state index in [1.807, 2.05) is 11.6 Å². The van der Waals surface area contributed by atoms with Gasteiger partial charge in [-0.05, 0) is 32.9 Å². The largest absolute Gasteiger partial charge is 0.470 e. The summed E-state index contributed by atoms with van der Waals surface area (Å²) in [5, 5.41) is 3.76. The summed E-state index contributed by atoms with van der Waals surface area (Å²) in [6.45, 7) is 4.11. The number of nitrogens with zero attached hydrogens (tertiary/aromatic N) is 2. The van der Waals surface area contributed by atoms with E-state index >= 15 is 0 Å². The smallest absolute Gasteiger partial charge is 0.233 e. The Morgan fingerprint density at radius 2 is 2.20 bits per heavy atom. The van der Waals surface area contributed by atoms with Crippen molar-refractivity contribution in [3.8, 4) is 5.88 Å². The number of aromatic nitrogens is 2. The van der Waals surface area contributed by atoms with Gasteiger partial charge in [0.1, 0.15) is 5.60 Å². The second-order valence-corrected chi connectivity index (χ2v) is 4.61. The number of aryl methyl sites for hydroxylation is 1. The molecule has 0 amide bonds. The molecule has 1 N–H and O–H groups in total. The molecule has 15 heavy (non-hydrogen) atoms. The van der Waals surface area contributed by atoms with Crippen LogP contribution < -0.4 is 10.1 Å². The molecule has 0 saturated carbocycles. The lowest BCUT2D eigenvalue weighted by Crippen LogP contribution is -2.44. The normalized spacial score (nSPS) is 20.2. The molecule has 0 bridgehead atoms. The minimum absolute atomic E-state index is 0.122. The molecule has 1 saturated heterocycles. The number of halogens is 1. The molecule has 0 spiro atoms. The van der Waals surface area contributed by atoms with Gasteiger partial charge in [-0.2, -0.15) is 0 Å². The standard InChI is InChI=1S/C10H16ClN3O/c1-10(3-5-12-6-4-10)15-9-8(11)13-7-14(9)2/h7,12H,3-6H2,1-2H3. The Labute approximate surface area is 94.6 Å². The van der Waals surface area contributed by atoms with E-state index in [2.05, 4.69) is 17.2 Å². The molecule has 0 unspecified atom stereocenters. The van der Waals surface area contributed by atoms with Crippen LogP contribution in [0.5, 0.6) is 5.88 Å². The molecular formula is C10H16ClN3O. The highest BCUT2D eigenvalue weighted by Gasteiger charge is 2.30. The molecule has 1 aliphatic rings. The van der Waals surface area contributed by atoms with Crippen molar-refractivity contribution in [2.75, 3.05) is 13.1 Å². The van der Waals surface area contributed by atoms with E-state index in [4.69, 9.17) is 16.3 Å². The van der Waals surface area contributed by atoms with Gasteiger partial charge in [-0.1, -0.05) is 11.6 Å².